The molecule has 1 saturated heterocycles. The number of amides is 1. The molecule has 0 bridgehead atoms. The lowest BCUT2D eigenvalue weighted by Crippen LogP contribution is -2.27. The standard InChI is InChI=1S/C21H33N5O.2ClH/c1-13(2)17-11-16(20(27)23-10-8-15-7-9-22-12-15)18-14(3)25-26(19(18)24-17)21(4,5)6;;/h11,13,15,22H,7-10,12H2,1-6H3,(H,23,27);2*1H. The van der Waals surface area contributed by atoms with Gasteiger partial charge in [-0.3, -0.25) is 4.79 Å². The SMILES string of the molecule is Cc1nn(C(C)(C)C)c2nc(C(C)C)cc(C(=O)NCCC3CCNC3)c12.Cl.Cl. The fourth-order valence-electron chi connectivity index (χ4n) is 3.70. The first-order chi connectivity index (χ1) is 12.7. The lowest BCUT2D eigenvalue weighted by molar-refractivity contribution is 0.0953. The summed E-state index contributed by atoms with van der Waals surface area (Å²) >= 11 is 0. The number of nitrogens with one attached hydrogen (secondary N) is 2. The first-order valence-electron chi connectivity index (χ1n) is 10.1. The first-order valence-corrected chi connectivity index (χ1v) is 10.1. The van der Waals surface area contributed by atoms with E-state index in [1.807, 2.05) is 17.7 Å². The van der Waals surface area contributed by atoms with Crippen LogP contribution in [-0.4, -0.2) is 40.3 Å². The van der Waals surface area contributed by atoms with Gasteiger partial charge in [-0.2, -0.15) is 5.10 Å². The van der Waals surface area contributed by atoms with Gasteiger partial charge in [0, 0.05) is 12.2 Å². The molecule has 3 rings (SSSR count). The maximum absolute atomic E-state index is 13.0. The molecule has 0 aliphatic carbocycles. The predicted molar refractivity (Wildman–Crippen MR) is 124 cm³/mol. The van der Waals surface area contributed by atoms with Crippen LogP contribution < -0.4 is 10.6 Å². The van der Waals surface area contributed by atoms with Crippen LogP contribution in [0.5, 0.6) is 0 Å². The Bertz CT molecular complexity index is 836. The van der Waals surface area contributed by atoms with E-state index in [1.54, 1.807) is 0 Å². The molecule has 2 aromatic heterocycles. The molecule has 164 valence electrons. The fourth-order valence-corrected chi connectivity index (χ4v) is 3.70. The molecular formula is C21H35Cl2N5O. The second-order valence-electron chi connectivity index (χ2n) is 9.02. The first kappa shape index (κ1) is 25.7. The molecule has 8 heteroatoms. The quantitative estimate of drug-likeness (QED) is 0.726. The molecular weight excluding hydrogens is 409 g/mol. The second-order valence-corrected chi connectivity index (χ2v) is 9.02. The van der Waals surface area contributed by atoms with Gasteiger partial charge in [-0.1, -0.05) is 13.8 Å². The molecule has 1 unspecified atom stereocenters. The molecule has 1 amide bonds. The molecule has 0 saturated carbocycles. The highest BCUT2D eigenvalue weighted by Gasteiger charge is 2.25. The van der Waals surface area contributed by atoms with E-state index in [2.05, 4.69) is 45.3 Å². The maximum atomic E-state index is 13.0. The van der Waals surface area contributed by atoms with Crippen LogP contribution in [0.3, 0.4) is 0 Å². The lowest BCUT2D eigenvalue weighted by atomic mass is 10.0. The number of fused-ring (bicyclic) bond motifs is 1. The summed E-state index contributed by atoms with van der Waals surface area (Å²) in [6, 6.07) is 1.95. The topological polar surface area (TPSA) is 71.8 Å². The molecule has 1 aliphatic heterocycles. The van der Waals surface area contributed by atoms with Crippen molar-refractivity contribution in [2.45, 2.75) is 65.8 Å². The molecule has 1 atom stereocenters. The average molecular weight is 444 g/mol. The van der Waals surface area contributed by atoms with Gasteiger partial charge in [0.15, 0.2) is 5.65 Å². The zero-order valence-electron chi connectivity index (χ0n) is 18.3. The van der Waals surface area contributed by atoms with Gasteiger partial charge in [-0.25, -0.2) is 9.67 Å². The van der Waals surface area contributed by atoms with Crippen LogP contribution >= 0.6 is 24.8 Å². The summed E-state index contributed by atoms with van der Waals surface area (Å²) in [7, 11) is 0. The number of halogens is 2. The van der Waals surface area contributed by atoms with Crippen molar-refractivity contribution in [3.05, 3.63) is 23.0 Å². The Hall–Kier alpha value is -1.37. The molecule has 2 N–H and O–H groups in total. The van der Waals surface area contributed by atoms with E-state index in [9.17, 15) is 4.79 Å². The van der Waals surface area contributed by atoms with Gasteiger partial charge in [0.1, 0.15) is 0 Å². The molecule has 0 radical (unpaired) electrons. The highest BCUT2D eigenvalue weighted by Crippen LogP contribution is 2.28. The van der Waals surface area contributed by atoms with E-state index in [0.29, 0.717) is 18.0 Å². The zero-order chi connectivity index (χ0) is 19.8. The van der Waals surface area contributed by atoms with Crippen molar-refractivity contribution in [1.82, 2.24) is 25.4 Å². The third-order valence-electron chi connectivity index (χ3n) is 5.30. The Morgan fingerprint density at radius 3 is 2.59 bits per heavy atom. The van der Waals surface area contributed by atoms with Crippen LogP contribution in [-0.2, 0) is 5.54 Å². The summed E-state index contributed by atoms with van der Waals surface area (Å²) < 4.78 is 1.95. The third-order valence-corrected chi connectivity index (χ3v) is 5.30. The highest BCUT2D eigenvalue weighted by atomic mass is 35.5. The molecule has 6 nitrogen and oxygen atoms in total. The van der Waals surface area contributed by atoms with Crippen molar-refractivity contribution in [2.24, 2.45) is 5.92 Å². The summed E-state index contributed by atoms with van der Waals surface area (Å²) in [6.45, 7) is 15.4. The number of carbonyl (C=O) groups excluding carboxylic acids is 1. The minimum Gasteiger partial charge on any atom is -0.352 e. The van der Waals surface area contributed by atoms with Gasteiger partial charge >= 0.3 is 0 Å². The molecule has 1 fully saturated rings. The van der Waals surface area contributed by atoms with E-state index >= 15 is 0 Å². The third kappa shape index (κ3) is 5.62. The van der Waals surface area contributed by atoms with Gasteiger partial charge in [0.25, 0.3) is 5.91 Å². The van der Waals surface area contributed by atoms with Gasteiger partial charge < -0.3 is 10.6 Å². The van der Waals surface area contributed by atoms with Gasteiger partial charge in [-0.15, -0.1) is 24.8 Å². The molecule has 0 spiro atoms. The average Bonchev–Trinajstić information content (AvgIpc) is 3.21. The smallest absolute Gasteiger partial charge is 0.252 e. The number of carbonyl (C=O) groups is 1. The van der Waals surface area contributed by atoms with E-state index in [4.69, 9.17) is 10.1 Å². The van der Waals surface area contributed by atoms with Crippen molar-refractivity contribution in [1.29, 1.82) is 0 Å². The maximum Gasteiger partial charge on any atom is 0.252 e. The fraction of sp³-hybridized carbons (Fsp3) is 0.667. The molecule has 1 aliphatic rings. The molecule has 3 heterocycles. The summed E-state index contributed by atoms with van der Waals surface area (Å²) in [5, 5.41) is 12.1. The lowest BCUT2D eigenvalue weighted by Gasteiger charge is -2.20. The molecule has 2 aromatic rings. The summed E-state index contributed by atoms with van der Waals surface area (Å²) in [5.74, 6) is 0.889. The van der Waals surface area contributed by atoms with E-state index in [0.717, 1.165) is 41.9 Å². The second kappa shape index (κ2) is 10.1. The number of hydrogen-bond donors (Lipinski definition) is 2. The van der Waals surface area contributed by atoms with Crippen LogP contribution in [0.15, 0.2) is 6.07 Å². The van der Waals surface area contributed by atoms with Crippen LogP contribution in [0.25, 0.3) is 11.0 Å². The Kier molecular flexibility index (Phi) is 8.93. The van der Waals surface area contributed by atoms with Crippen molar-refractivity contribution >= 4 is 41.8 Å². The van der Waals surface area contributed by atoms with Crippen LogP contribution in [0, 0.1) is 12.8 Å². The number of pyridine rings is 1. The van der Waals surface area contributed by atoms with Crippen LogP contribution in [0.2, 0.25) is 0 Å². The van der Waals surface area contributed by atoms with E-state index < -0.39 is 0 Å². The van der Waals surface area contributed by atoms with Crippen LogP contribution in [0.4, 0.5) is 0 Å². The van der Waals surface area contributed by atoms with Crippen LogP contribution in [0.1, 0.15) is 75.1 Å². The number of aryl methyl sites for hydroxylation is 1. The predicted octanol–water partition coefficient (Wildman–Crippen LogP) is 4.19. The van der Waals surface area contributed by atoms with Gasteiger partial charge in [0.05, 0.1) is 22.2 Å². The number of hydrogen-bond acceptors (Lipinski definition) is 4. The Balaban J connectivity index is 0.00000210. The van der Waals surface area contributed by atoms with Gasteiger partial charge in [0.2, 0.25) is 0 Å². The minimum atomic E-state index is -0.196. The van der Waals surface area contributed by atoms with Crippen molar-refractivity contribution in [3.63, 3.8) is 0 Å². The van der Waals surface area contributed by atoms with Crippen molar-refractivity contribution < 1.29 is 4.79 Å². The summed E-state index contributed by atoms with van der Waals surface area (Å²) in [4.78, 5) is 17.9. The van der Waals surface area contributed by atoms with Gasteiger partial charge in [-0.05, 0) is 71.5 Å². The van der Waals surface area contributed by atoms with E-state index in [1.165, 1.54) is 6.42 Å². The molecule has 0 aromatic carbocycles. The Labute approximate surface area is 186 Å². The summed E-state index contributed by atoms with van der Waals surface area (Å²) in [5.41, 5.74) is 3.08. The minimum absolute atomic E-state index is 0. The largest absolute Gasteiger partial charge is 0.352 e. The normalized spacial score (nSPS) is 16.6. The highest BCUT2D eigenvalue weighted by molar-refractivity contribution is 6.06. The number of aromatic nitrogens is 3. The zero-order valence-corrected chi connectivity index (χ0v) is 20.0. The number of rotatable bonds is 5. The Morgan fingerprint density at radius 2 is 2.03 bits per heavy atom. The number of nitrogens with zero attached hydrogens (tertiary/aromatic N) is 3. The van der Waals surface area contributed by atoms with Crippen molar-refractivity contribution in [3.8, 4) is 0 Å². The molecule has 29 heavy (non-hydrogen) atoms. The summed E-state index contributed by atoms with van der Waals surface area (Å²) in [6.07, 6.45) is 2.22. The Morgan fingerprint density at radius 1 is 1.34 bits per heavy atom. The van der Waals surface area contributed by atoms with E-state index in [-0.39, 0.29) is 42.2 Å². The van der Waals surface area contributed by atoms with Crippen molar-refractivity contribution in [2.75, 3.05) is 19.6 Å². The monoisotopic (exact) mass is 443 g/mol.